The summed E-state index contributed by atoms with van der Waals surface area (Å²) in [6.45, 7) is 2.32. The van der Waals surface area contributed by atoms with Gasteiger partial charge in [0.1, 0.15) is 6.04 Å². The Labute approximate surface area is 120 Å². The van der Waals surface area contributed by atoms with Crippen molar-refractivity contribution in [2.24, 2.45) is 0 Å². The lowest BCUT2D eigenvalue weighted by Crippen LogP contribution is -2.40. The summed E-state index contributed by atoms with van der Waals surface area (Å²) in [6.07, 6.45) is 2.15. The number of carbonyl (C=O) groups is 1. The number of aliphatic carboxylic acids is 1. The van der Waals surface area contributed by atoms with Gasteiger partial charge in [0.2, 0.25) is 0 Å². The molecule has 2 rings (SSSR count). The second kappa shape index (κ2) is 5.59. The normalized spacial score (nSPS) is 16.9. The smallest absolute Gasteiger partial charge is 0.320 e. The van der Waals surface area contributed by atoms with Crippen molar-refractivity contribution in [1.29, 1.82) is 0 Å². The molecule has 1 N–H and O–H groups in total. The highest BCUT2D eigenvalue weighted by atomic mass is 79.9. The van der Waals surface area contributed by atoms with Crippen molar-refractivity contribution in [3.8, 4) is 0 Å². The zero-order valence-electron chi connectivity index (χ0n) is 10.1. The van der Waals surface area contributed by atoms with E-state index >= 15 is 0 Å². The van der Waals surface area contributed by atoms with E-state index in [0.717, 1.165) is 22.9 Å². The number of hydrogen-bond donors (Lipinski definition) is 1. The molecule has 1 aromatic carbocycles. The number of carboxylic acids is 1. The maximum Gasteiger partial charge on any atom is 0.320 e. The van der Waals surface area contributed by atoms with E-state index in [-0.39, 0.29) is 0 Å². The first-order valence-electron chi connectivity index (χ1n) is 5.91. The summed E-state index contributed by atoms with van der Waals surface area (Å²) in [5.41, 5.74) is 0.972. The minimum Gasteiger partial charge on any atom is -0.480 e. The Balaban J connectivity index is 2.15. The third-order valence-electron chi connectivity index (χ3n) is 3.24. The van der Waals surface area contributed by atoms with Crippen LogP contribution in [0.15, 0.2) is 22.7 Å². The van der Waals surface area contributed by atoms with Crippen molar-refractivity contribution in [2.75, 3.05) is 0 Å². The van der Waals surface area contributed by atoms with Crippen LogP contribution in [0.1, 0.15) is 25.3 Å². The molecule has 0 bridgehead atoms. The SMILES string of the molecule is CC(C(=O)O)N(Cc1ccc(Br)cc1Cl)C1CC1. The van der Waals surface area contributed by atoms with E-state index in [9.17, 15) is 4.79 Å². The Kier molecular flexibility index (Phi) is 4.30. The molecule has 0 amide bonds. The van der Waals surface area contributed by atoms with Gasteiger partial charge in [-0.05, 0) is 37.5 Å². The molecule has 0 radical (unpaired) electrons. The van der Waals surface area contributed by atoms with Crippen LogP contribution in [0, 0.1) is 0 Å². The van der Waals surface area contributed by atoms with E-state index in [2.05, 4.69) is 15.9 Å². The molecule has 1 fully saturated rings. The molecule has 0 aromatic heterocycles. The molecule has 1 atom stereocenters. The van der Waals surface area contributed by atoms with Crippen LogP contribution in [0.5, 0.6) is 0 Å². The summed E-state index contributed by atoms with van der Waals surface area (Å²) in [6, 6.07) is 5.62. The quantitative estimate of drug-likeness (QED) is 0.896. The lowest BCUT2D eigenvalue weighted by Gasteiger charge is -2.26. The van der Waals surface area contributed by atoms with Crippen LogP contribution in [-0.4, -0.2) is 28.1 Å². The second-order valence-corrected chi connectivity index (χ2v) is 5.98. The van der Waals surface area contributed by atoms with Gasteiger partial charge in [-0.3, -0.25) is 9.69 Å². The summed E-state index contributed by atoms with van der Waals surface area (Å²) in [7, 11) is 0. The summed E-state index contributed by atoms with van der Waals surface area (Å²) >= 11 is 9.54. The van der Waals surface area contributed by atoms with Crippen molar-refractivity contribution < 1.29 is 9.90 Å². The van der Waals surface area contributed by atoms with Crippen LogP contribution in [0.25, 0.3) is 0 Å². The second-order valence-electron chi connectivity index (χ2n) is 4.65. The average Bonchev–Trinajstić information content (AvgIpc) is 3.11. The molecule has 98 valence electrons. The number of halogens is 2. The van der Waals surface area contributed by atoms with E-state index in [4.69, 9.17) is 16.7 Å². The van der Waals surface area contributed by atoms with Gasteiger partial charge in [0.05, 0.1) is 0 Å². The molecule has 0 spiro atoms. The molecule has 1 aliphatic rings. The number of rotatable bonds is 5. The van der Waals surface area contributed by atoms with Gasteiger partial charge in [-0.25, -0.2) is 0 Å². The van der Waals surface area contributed by atoms with Crippen molar-refractivity contribution >= 4 is 33.5 Å². The third kappa shape index (κ3) is 3.25. The fourth-order valence-corrected chi connectivity index (χ4v) is 2.71. The first-order chi connectivity index (χ1) is 8.49. The van der Waals surface area contributed by atoms with Gasteiger partial charge in [-0.15, -0.1) is 0 Å². The Morgan fingerprint density at radius 3 is 2.78 bits per heavy atom. The number of carboxylic acid groups (broad SMARTS) is 1. The third-order valence-corrected chi connectivity index (χ3v) is 4.08. The zero-order chi connectivity index (χ0) is 13.3. The van der Waals surface area contributed by atoms with Crippen LogP contribution in [0.4, 0.5) is 0 Å². The fourth-order valence-electron chi connectivity index (χ4n) is 1.98. The molecule has 3 nitrogen and oxygen atoms in total. The summed E-state index contributed by atoms with van der Waals surface area (Å²) in [4.78, 5) is 13.1. The molecule has 1 aromatic rings. The average molecular weight is 333 g/mol. The lowest BCUT2D eigenvalue weighted by atomic mass is 10.1. The van der Waals surface area contributed by atoms with Crippen molar-refractivity contribution in [3.05, 3.63) is 33.3 Å². The molecule has 1 saturated carbocycles. The highest BCUT2D eigenvalue weighted by Crippen LogP contribution is 2.32. The van der Waals surface area contributed by atoms with Gasteiger partial charge in [-0.2, -0.15) is 0 Å². The zero-order valence-corrected chi connectivity index (χ0v) is 12.4. The van der Waals surface area contributed by atoms with E-state index in [1.807, 2.05) is 23.1 Å². The van der Waals surface area contributed by atoms with Crippen LogP contribution < -0.4 is 0 Å². The van der Waals surface area contributed by atoms with E-state index < -0.39 is 12.0 Å². The molecule has 5 heteroatoms. The summed E-state index contributed by atoms with van der Waals surface area (Å²) in [5, 5.41) is 9.81. The number of benzene rings is 1. The largest absolute Gasteiger partial charge is 0.480 e. The summed E-state index contributed by atoms with van der Waals surface area (Å²) < 4.78 is 0.931. The molecule has 18 heavy (non-hydrogen) atoms. The number of hydrogen-bond acceptors (Lipinski definition) is 2. The molecular weight excluding hydrogens is 318 g/mol. The first kappa shape index (κ1) is 13.8. The Hall–Kier alpha value is -0.580. The van der Waals surface area contributed by atoms with Crippen LogP contribution in [0.2, 0.25) is 5.02 Å². The van der Waals surface area contributed by atoms with Crippen LogP contribution in [-0.2, 0) is 11.3 Å². The van der Waals surface area contributed by atoms with Crippen molar-refractivity contribution in [2.45, 2.75) is 38.4 Å². The Bertz CT molecular complexity index is 462. The fraction of sp³-hybridized carbons (Fsp3) is 0.462. The molecule has 0 aliphatic heterocycles. The summed E-state index contributed by atoms with van der Waals surface area (Å²) in [5.74, 6) is -0.782. The van der Waals surface area contributed by atoms with Gasteiger partial charge in [0, 0.05) is 22.1 Å². The standard InChI is InChI=1S/C13H15BrClNO2/c1-8(13(17)18)16(11-4-5-11)7-9-2-3-10(14)6-12(9)15/h2-3,6,8,11H,4-5,7H2,1H3,(H,17,18). The van der Waals surface area contributed by atoms with Gasteiger partial charge < -0.3 is 5.11 Å². The number of nitrogens with zero attached hydrogens (tertiary/aromatic N) is 1. The van der Waals surface area contributed by atoms with Gasteiger partial charge in [0.15, 0.2) is 0 Å². The predicted octanol–water partition coefficient (Wildman–Crippen LogP) is 3.54. The van der Waals surface area contributed by atoms with E-state index in [1.165, 1.54) is 0 Å². The van der Waals surface area contributed by atoms with Gasteiger partial charge >= 0.3 is 5.97 Å². The first-order valence-corrected chi connectivity index (χ1v) is 7.08. The van der Waals surface area contributed by atoms with Crippen molar-refractivity contribution in [3.63, 3.8) is 0 Å². The molecule has 1 unspecified atom stereocenters. The molecule has 0 saturated heterocycles. The molecular formula is C13H15BrClNO2. The maximum absolute atomic E-state index is 11.1. The van der Waals surface area contributed by atoms with E-state index in [0.29, 0.717) is 17.6 Å². The highest BCUT2D eigenvalue weighted by Gasteiger charge is 2.35. The van der Waals surface area contributed by atoms with Crippen molar-refractivity contribution in [1.82, 2.24) is 4.90 Å². The molecule has 0 heterocycles. The maximum atomic E-state index is 11.1. The Morgan fingerprint density at radius 2 is 2.28 bits per heavy atom. The highest BCUT2D eigenvalue weighted by molar-refractivity contribution is 9.10. The predicted molar refractivity (Wildman–Crippen MR) is 74.8 cm³/mol. The minimum absolute atomic E-state index is 0.385. The lowest BCUT2D eigenvalue weighted by molar-refractivity contribution is -0.143. The van der Waals surface area contributed by atoms with Gasteiger partial charge in [0.25, 0.3) is 0 Å². The van der Waals surface area contributed by atoms with E-state index in [1.54, 1.807) is 6.92 Å². The topological polar surface area (TPSA) is 40.5 Å². The minimum atomic E-state index is -0.782. The monoisotopic (exact) mass is 331 g/mol. The Morgan fingerprint density at radius 1 is 1.61 bits per heavy atom. The van der Waals surface area contributed by atoms with Crippen LogP contribution in [0.3, 0.4) is 0 Å². The van der Waals surface area contributed by atoms with Gasteiger partial charge in [-0.1, -0.05) is 33.6 Å². The van der Waals surface area contributed by atoms with Crippen LogP contribution >= 0.6 is 27.5 Å². The molecule has 1 aliphatic carbocycles.